The summed E-state index contributed by atoms with van der Waals surface area (Å²) in [6, 6.07) is 3.73. The second-order valence-electron chi connectivity index (χ2n) is 6.85. The fourth-order valence-corrected chi connectivity index (χ4v) is 3.21. The zero-order valence-corrected chi connectivity index (χ0v) is 13.6. The summed E-state index contributed by atoms with van der Waals surface area (Å²) in [4.78, 5) is 6.32. The maximum atomic E-state index is 13.4. The lowest BCUT2D eigenvalue weighted by Gasteiger charge is -2.14. The molecule has 0 saturated carbocycles. The first-order valence-corrected chi connectivity index (χ1v) is 8.06. The third kappa shape index (κ3) is 3.53. The molecule has 0 aromatic carbocycles. The summed E-state index contributed by atoms with van der Waals surface area (Å²) in [5, 5.41) is 10.3. The molecule has 3 heterocycles. The first-order valence-electron chi connectivity index (χ1n) is 8.06. The van der Waals surface area contributed by atoms with Crippen LogP contribution in [-0.4, -0.2) is 38.6 Å². The highest BCUT2D eigenvalue weighted by Crippen LogP contribution is 2.30. The van der Waals surface area contributed by atoms with E-state index in [4.69, 9.17) is 0 Å². The van der Waals surface area contributed by atoms with Crippen molar-refractivity contribution in [3.05, 3.63) is 29.6 Å². The lowest BCUT2D eigenvalue weighted by Crippen LogP contribution is -2.24. The average molecular weight is 323 g/mol. The van der Waals surface area contributed by atoms with Crippen molar-refractivity contribution in [2.75, 3.05) is 13.1 Å². The fraction of sp³-hybridized carbons (Fsp3) is 0.588. The lowest BCUT2D eigenvalue weighted by atomic mass is 10.2. The number of rotatable bonds is 5. The van der Waals surface area contributed by atoms with Crippen molar-refractivity contribution in [2.45, 2.75) is 45.9 Å². The zero-order chi connectivity index (χ0) is 16.6. The molecule has 126 valence electrons. The summed E-state index contributed by atoms with van der Waals surface area (Å²) in [7, 11) is 0. The zero-order valence-electron chi connectivity index (χ0n) is 13.6. The van der Waals surface area contributed by atoms with Crippen molar-refractivity contribution in [3.63, 3.8) is 0 Å². The van der Waals surface area contributed by atoms with Crippen LogP contribution in [0.15, 0.2) is 18.3 Å². The third-order valence-corrected chi connectivity index (χ3v) is 4.23. The van der Waals surface area contributed by atoms with Crippen LogP contribution in [0.25, 0.3) is 11.0 Å². The number of pyridine rings is 1. The number of hydrogen-bond acceptors (Lipinski definition) is 3. The van der Waals surface area contributed by atoms with Crippen molar-refractivity contribution in [1.82, 2.24) is 14.5 Å². The number of aliphatic hydroxyl groups excluding tert-OH is 1. The number of likely N-dealkylation sites (tertiary alicyclic amines) is 1. The first kappa shape index (κ1) is 16.3. The Balaban J connectivity index is 1.93. The van der Waals surface area contributed by atoms with E-state index in [1.54, 1.807) is 11.0 Å². The van der Waals surface area contributed by atoms with E-state index in [9.17, 15) is 13.9 Å². The third-order valence-electron chi connectivity index (χ3n) is 4.23. The van der Waals surface area contributed by atoms with E-state index < -0.39 is 5.92 Å². The minimum atomic E-state index is -2.57. The smallest absolute Gasteiger partial charge is 0.261 e. The Hall–Kier alpha value is -1.53. The minimum absolute atomic E-state index is 0.0649. The highest BCUT2D eigenvalue weighted by Gasteiger charge is 2.38. The van der Waals surface area contributed by atoms with Crippen LogP contribution in [0.5, 0.6) is 0 Å². The molecular formula is C17H23F2N3O. The molecule has 1 saturated heterocycles. The van der Waals surface area contributed by atoms with Gasteiger partial charge in [-0.1, -0.05) is 13.8 Å². The van der Waals surface area contributed by atoms with E-state index in [0.717, 1.165) is 23.1 Å². The van der Waals surface area contributed by atoms with Gasteiger partial charge in [0.2, 0.25) is 0 Å². The van der Waals surface area contributed by atoms with Gasteiger partial charge in [0.25, 0.3) is 5.92 Å². The molecule has 3 rings (SSSR count). The molecule has 0 radical (unpaired) electrons. The topological polar surface area (TPSA) is 41.3 Å². The Labute approximate surface area is 134 Å². The van der Waals surface area contributed by atoms with Crippen LogP contribution in [0.4, 0.5) is 8.78 Å². The Kier molecular flexibility index (Phi) is 4.38. The molecule has 0 spiro atoms. The SMILES string of the molecule is CC(C)Cn1cc(CN2CCC(F)(F)C2)c2ccc(CO)nc21. The monoisotopic (exact) mass is 323 g/mol. The van der Waals surface area contributed by atoms with Crippen LogP contribution in [0, 0.1) is 5.92 Å². The Morgan fingerprint density at radius 1 is 1.35 bits per heavy atom. The van der Waals surface area contributed by atoms with Crippen LogP contribution in [-0.2, 0) is 19.7 Å². The maximum Gasteiger partial charge on any atom is 0.261 e. The van der Waals surface area contributed by atoms with Gasteiger partial charge in [0.1, 0.15) is 5.65 Å². The Bertz CT molecular complexity index is 696. The number of halogens is 2. The molecule has 1 aliphatic heterocycles. The quantitative estimate of drug-likeness (QED) is 0.919. The molecule has 6 heteroatoms. The number of aromatic nitrogens is 2. The second-order valence-corrected chi connectivity index (χ2v) is 6.85. The fourth-order valence-electron chi connectivity index (χ4n) is 3.21. The summed E-state index contributed by atoms with van der Waals surface area (Å²) in [5.74, 6) is -2.12. The molecule has 1 N–H and O–H groups in total. The molecule has 0 aliphatic carbocycles. The summed E-state index contributed by atoms with van der Waals surface area (Å²) in [6.45, 7) is 5.73. The Morgan fingerprint density at radius 2 is 2.13 bits per heavy atom. The predicted octanol–water partition coefficient (Wildman–Crippen LogP) is 3.03. The number of nitrogens with zero attached hydrogens (tertiary/aromatic N) is 3. The number of fused-ring (bicyclic) bond motifs is 1. The van der Waals surface area contributed by atoms with E-state index in [-0.39, 0.29) is 19.6 Å². The summed E-state index contributed by atoms with van der Waals surface area (Å²) < 4.78 is 28.9. The molecule has 23 heavy (non-hydrogen) atoms. The molecular weight excluding hydrogens is 300 g/mol. The molecule has 0 bridgehead atoms. The number of aliphatic hydroxyl groups is 1. The minimum Gasteiger partial charge on any atom is -0.390 e. The van der Waals surface area contributed by atoms with Gasteiger partial charge in [0.05, 0.1) is 18.8 Å². The van der Waals surface area contributed by atoms with E-state index in [1.807, 2.05) is 12.3 Å². The average Bonchev–Trinajstić information content (AvgIpc) is 2.99. The van der Waals surface area contributed by atoms with Crippen LogP contribution in [0.3, 0.4) is 0 Å². The van der Waals surface area contributed by atoms with Crippen molar-refractivity contribution >= 4 is 11.0 Å². The molecule has 4 nitrogen and oxygen atoms in total. The molecule has 1 fully saturated rings. The van der Waals surface area contributed by atoms with E-state index in [0.29, 0.717) is 24.7 Å². The molecule has 2 aromatic heterocycles. The lowest BCUT2D eigenvalue weighted by molar-refractivity contribution is 0.0115. The van der Waals surface area contributed by atoms with Crippen LogP contribution >= 0.6 is 0 Å². The van der Waals surface area contributed by atoms with Gasteiger partial charge in [-0.2, -0.15) is 0 Å². The van der Waals surface area contributed by atoms with Gasteiger partial charge in [0, 0.05) is 37.6 Å². The van der Waals surface area contributed by atoms with Crippen LogP contribution in [0.2, 0.25) is 0 Å². The Morgan fingerprint density at radius 3 is 2.74 bits per heavy atom. The summed E-state index contributed by atoms with van der Waals surface area (Å²) >= 11 is 0. The highest BCUT2D eigenvalue weighted by atomic mass is 19.3. The maximum absolute atomic E-state index is 13.4. The van der Waals surface area contributed by atoms with Crippen molar-refractivity contribution in [2.24, 2.45) is 5.92 Å². The molecule has 0 unspecified atom stereocenters. The van der Waals surface area contributed by atoms with Gasteiger partial charge in [-0.3, -0.25) is 4.90 Å². The van der Waals surface area contributed by atoms with Crippen molar-refractivity contribution < 1.29 is 13.9 Å². The predicted molar refractivity (Wildman–Crippen MR) is 85.3 cm³/mol. The molecule has 0 amide bonds. The van der Waals surface area contributed by atoms with Gasteiger partial charge in [-0.05, 0) is 23.6 Å². The summed E-state index contributed by atoms with van der Waals surface area (Å²) in [5.41, 5.74) is 2.47. The molecule has 0 atom stereocenters. The van der Waals surface area contributed by atoms with Crippen molar-refractivity contribution in [1.29, 1.82) is 0 Å². The summed E-state index contributed by atoms with van der Waals surface area (Å²) in [6.07, 6.45) is 1.96. The van der Waals surface area contributed by atoms with E-state index >= 15 is 0 Å². The molecule has 2 aromatic rings. The van der Waals surface area contributed by atoms with Gasteiger partial charge >= 0.3 is 0 Å². The normalized spacial score (nSPS) is 18.3. The van der Waals surface area contributed by atoms with E-state index in [2.05, 4.69) is 23.4 Å². The van der Waals surface area contributed by atoms with Gasteiger partial charge < -0.3 is 9.67 Å². The van der Waals surface area contributed by atoms with Crippen molar-refractivity contribution in [3.8, 4) is 0 Å². The first-order chi connectivity index (χ1) is 10.9. The van der Waals surface area contributed by atoms with E-state index in [1.165, 1.54) is 0 Å². The standard InChI is InChI=1S/C17H23F2N3O/c1-12(2)7-22-9-13(8-21-6-5-17(18,19)11-21)15-4-3-14(10-23)20-16(15)22/h3-4,9,12,23H,5-8,10-11H2,1-2H3. The number of alkyl halides is 2. The van der Waals surface area contributed by atoms with Gasteiger partial charge in [-0.15, -0.1) is 0 Å². The van der Waals surface area contributed by atoms with Crippen LogP contribution in [0.1, 0.15) is 31.5 Å². The largest absolute Gasteiger partial charge is 0.390 e. The van der Waals surface area contributed by atoms with Gasteiger partial charge in [0.15, 0.2) is 0 Å². The highest BCUT2D eigenvalue weighted by molar-refractivity contribution is 5.80. The van der Waals surface area contributed by atoms with Gasteiger partial charge in [-0.25, -0.2) is 13.8 Å². The van der Waals surface area contributed by atoms with Crippen LogP contribution < -0.4 is 0 Å². The second kappa shape index (κ2) is 6.17. The number of hydrogen-bond donors (Lipinski definition) is 1. The molecule has 1 aliphatic rings.